The van der Waals surface area contributed by atoms with Gasteiger partial charge >= 0.3 is 0 Å². The van der Waals surface area contributed by atoms with Gasteiger partial charge in [-0.15, -0.1) is 11.8 Å². The molecule has 0 atom stereocenters. The predicted octanol–water partition coefficient (Wildman–Crippen LogP) is 5.03. The molecule has 166 valence electrons. The summed E-state index contributed by atoms with van der Waals surface area (Å²) in [6.07, 6.45) is 1.04. The van der Waals surface area contributed by atoms with Crippen LogP contribution in [0.3, 0.4) is 0 Å². The molecule has 5 rings (SSSR count). The number of rotatable bonds is 3. The van der Waals surface area contributed by atoms with Crippen LogP contribution in [0.2, 0.25) is 5.02 Å². The number of hydrogen-bond donors (Lipinski definition) is 0. The first-order valence-electron chi connectivity index (χ1n) is 10.7. The van der Waals surface area contributed by atoms with E-state index >= 15 is 0 Å². The molecular formula is C24H23ClN2O3S2. The van der Waals surface area contributed by atoms with Crippen molar-refractivity contribution in [2.45, 2.75) is 22.6 Å². The fourth-order valence-corrected chi connectivity index (χ4v) is 7.11. The van der Waals surface area contributed by atoms with Gasteiger partial charge in [0.15, 0.2) is 0 Å². The lowest BCUT2D eigenvalue weighted by Crippen LogP contribution is -2.45. The SMILES string of the molecule is O=C(C1CCN(S(=O)(=O)c2ccc3ccccc3c2)CC1)N1CCSc2ccc(Cl)cc21. The number of carbonyl (C=O) groups excluding carboxylic acids is 1. The number of piperidine rings is 1. The van der Waals surface area contributed by atoms with Gasteiger partial charge in [0.25, 0.3) is 0 Å². The zero-order valence-electron chi connectivity index (χ0n) is 17.4. The lowest BCUT2D eigenvalue weighted by atomic mass is 9.96. The highest BCUT2D eigenvalue weighted by Crippen LogP contribution is 2.38. The van der Waals surface area contributed by atoms with Crippen LogP contribution in [-0.4, -0.2) is 44.0 Å². The summed E-state index contributed by atoms with van der Waals surface area (Å²) in [5, 5.41) is 2.52. The fourth-order valence-electron chi connectivity index (χ4n) is 4.46. The maximum absolute atomic E-state index is 13.3. The molecule has 3 aromatic carbocycles. The van der Waals surface area contributed by atoms with Gasteiger partial charge in [-0.1, -0.05) is 41.9 Å². The van der Waals surface area contributed by atoms with E-state index in [1.807, 2.05) is 53.4 Å². The average Bonchev–Trinajstić information content (AvgIpc) is 2.83. The van der Waals surface area contributed by atoms with Crippen LogP contribution in [0.15, 0.2) is 70.5 Å². The topological polar surface area (TPSA) is 57.7 Å². The monoisotopic (exact) mass is 486 g/mol. The van der Waals surface area contributed by atoms with Gasteiger partial charge in [-0.25, -0.2) is 8.42 Å². The summed E-state index contributed by atoms with van der Waals surface area (Å²) < 4.78 is 28.0. The summed E-state index contributed by atoms with van der Waals surface area (Å²) in [5.41, 5.74) is 0.866. The molecule has 0 aliphatic carbocycles. The minimum atomic E-state index is -3.59. The van der Waals surface area contributed by atoms with E-state index in [0.717, 1.165) is 27.1 Å². The first-order chi connectivity index (χ1) is 15.4. The van der Waals surface area contributed by atoms with E-state index in [1.54, 1.807) is 23.9 Å². The largest absolute Gasteiger partial charge is 0.310 e. The number of carbonyl (C=O) groups is 1. The van der Waals surface area contributed by atoms with Crippen molar-refractivity contribution in [1.29, 1.82) is 0 Å². The van der Waals surface area contributed by atoms with Crippen molar-refractivity contribution in [2.24, 2.45) is 5.92 Å². The van der Waals surface area contributed by atoms with Gasteiger partial charge in [-0.05, 0) is 53.9 Å². The van der Waals surface area contributed by atoms with Gasteiger partial charge < -0.3 is 4.90 Å². The number of nitrogens with zero attached hydrogens (tertiary/aromatic N) is 2. The molecule has 0 unspecified atom stereocenters. The normalized spacial score (nSPS) is 18.0. The summed E-state index contributed by atoms with van der Waals surface area (Å²) in [6, 6.07) is 18.6. The standard InChI is InChI=1S/C24H23ClN2O3S2/c25-20-6-8-23-22(16-20)27(13-14-31-23)24(28)18-9-11-26(12-10-18)32(29,30)21-7-5-17-3-1-2-4-19(17)15-21/h1-8,15-16,18H,9-14H2. The highest BCUT2D eigenvalue weighted by molar-refractivity contribution is 7.99. The van der Waals surface area contributed by atoms with Crippen LogP contribution in [0.1, 0.15) is 12.8 Å². The number of anilines is 1. The van der Waals surface area contributed by atoms with Gasteiger partial charge in [-0.3, -0.25) is 4.79 Å². The van der Waals surface area contributed by atoms with Crippen LogP contribution in [0.5, 0.6) is 0 Å². The van der Waals surface area contributed by atoms with E-state index < -0.39 is 10.0 Å². The Morgan fingerprint density at radius 1 is 0.938 bits per heavy atom. The van der Waals surface area contributed by atoms with Crippen LogP contribution in [0, 0.1) is 5.92 Å². The van der Waals surface area contributed by atoms with Crippen LogP contribution in [0.4, 0.5) is 5.69 Å². The Morgan fingerprint density at radius 2 is 1.69 bits per heavy atom. The van der Waals surface area contributed by atoms with Crippen LogP contribution in [-0.2, 0) is 14.8 Å². The summed E-state index contributed by atoms with van der Waals surface area (Å²) >= 11 is 7.90. The molecule has 2 aliphatic rings. The molecule has 2 aliphatic heterocycles. The van der Waals surface area contributed by atoms with E-state index in [4.69, 9.17) is 11.6 Å². The molecule has 0 N–H and O–H groups in total. The molecule has 0 aromatic heterocycles. The van der Waals surface area contributed by atoms with Gasteiger partial charge in [0, 0.05) is 41.2 Å². The molecule has 0 saturated carbocycles. The summed E-state index contributed by atoms with van der Waals surface area (Å²) in [5.74, 6) is 0.722. The first-order valence-corrected chi connectivity index (χ1v) is 13.5. The molecule has 1 fully saturated rings. The summed E-state index contributed by atoms with van der Waals surface area (Å²) in [4.78, 5) is 16.5. The van der Waals surface area contributed by atoms with Crippen LogP contribution >= 0.6 is 23.4 Å². The second-order valence-electron chi connectivity index (χ2n) is 8.14. The van der Waals surface area contributed by atoms with Gasteiger partial charge in [0.1, 0.15) is 0 Å². The van der Waals surface area contributed by atoms with Crippen molar-refractivity contribution in [1.82, 2.24) is 4.31 Å². The zero-order chi connectivity index (χ0) is 22.3. The molecule has 1 saturated heterocycles. The molecule has 3 aromatic rings. The Labute approximate surface area is 197 Å². The molecule has 0 spiro atoms. The molecule has 8 heteroatoms. The maximum Gasteiger partial charge on any atom is 0.243 e. The van der Waals surface area contributed by atoms with Crippen molar-refractivity contribution < 1.29 is 13.2 Å². The molecule has 0 bridgehead atoms. The number of benzene rings is 3. The molecule has 5 nitrogen and oxygen atoms in total. The molecule has 2 heterocycles. The molecule has 1 amide bonds. The maximum atomic E-state index is 13.3. The number of hydrogen-bond acceptors (Lipinski definition) is 4. The highest BCUT2D eigenvalue weighted by Gasteiger charge is 2.35. The number of thioether (sulfide) groups is 1. The number of sulfonamides is 1. The second kappa shape index (κ2) is 8.71. The Hall–Kier alpha value is -2.06. The Morgan fingerprint density at radius 3 is 2.47 bits per heavy atom. The summed E-state index contributed by atoms with van der Waals surface area (Å²) in [6.45, 7) is 1.33. The third-order valence-corrected chi connectivity index (χ3v) is 9.38. The second-order valence-corrected chi connectivity index (χ2v) is 11.6. The minimum absolute atomic E-state index is 0.0663. The Balaban J connectivity index is 1.31. The lowest BCUT2D eigenvalue weighted by molar-refractivity contribution is -0.123. The highest BCUT2D eigenvalue weighted by atomic mass is 35.5. The van der Waals surface area contributed by atoms with Crippen molar-refractivity contribution >= 4 is 55.8 Å². The third kappa shape index (κ3) is 4.03. The van der Waals surface area contributed by atoms with Crippen molar-refractivity contribution in [2.75, 3.05) is 30.3 Å². The third-order valence-electron chi connectivity index (χ3n) is 6.21. The average molecular weight is 487 g/mol. The Kier molecular flexibility index (Phi) is 5.92. The van der Waals surface area contributed by atoms with Crippen LogP contribution < -0.4 is 4.90 Å². The van der Waals surface area contributed by atoms with Gasteiger partial charge in [0.2, 0.25) is 15.9 Å². The lowest BCUT2D eigenvalue weighted by Gasteiger charge is -2.35. The van der Waals surface area contributed by atoms with Crippen molar-refractivity contribution in [3.05, 3.63) is 65.7 Å². The fraction of sp³-hybridized carbons (Fsp3) is 0.292. The number of amides is 1. The zero-order valence-corrected chi connectivity index (χ0v) is 19.8. The minimum Gasteiger partial charge on any atom is -0.310 e. The number of fused-ring (bicyclic) bond motifs is 2. The molecule has 0 radical (unpaired) electrons. The quantitative estimate of drug-likeness (QED) is 0.520. The van der Waals surface area contributed by atoms with Crippen molar-refractivity contribution in [3.63, 3.8) is 0 Å². The van der Waals surface area contributed by atoms with Crippen molar-refractivity contribution in [3.8, 4) is 0 Å². The molecular weight excluding hydrogens is 464 g/mol. The predicted molar refractivity (Wildman–Crippen MR) is 130 cm³/mol. The van der Waals surface area contributed by atoms with Gasteiger partial charge in [0.05, 0.1) is 10.6 Å². The van der Waals surface area contributed by atoms with E-state index in [0.29, 0.717) is 42.4 Å². The van der Waals surface area contributed by atoms with E-state index in [-0.39, 0.29) is 11.8 Å². The van der Waals surface area contributed by atoms with Gasteiger partial charge in [-0.2, -0.15) is 4.31 Å². The first kappa shape index (κ1) is 21.8. The van der Waals surface area contributed by atoms with E-state index in [2.05, 4.69) is 0 Å². The van der Waals surface area contributed by atoms with Crippen LogP contribution in [0.25, 0.3) is 10.8 Å². The number of halogens is 1. The van der Waals surface area contributed by atoms with E-state index in [1.165, 1.54) is 4.31 Å². The smallest absolute Gasteiger partial charge is 0.243 e. The summed E-state index contributed by atoms with van der Waals surface area (Å²) in [7, 11) is -3.59. The Bertz CT molecular complexity index is 1290. The van der Waals surface area contributed by atoms with E-state index in [9.17, 15) is 13.2 Å². The molecule has 32 heavy (non-hydrogen) atoms.